The van der Waals surface area contributed by atoms with E-state index in [1.54, 1.807) is 12.4 Å². The van der Waals surface area contributed by atoms with Gasteiger partial charge in [-0.25, -0.2) is 4.98 Å². The first-order valence-electron chi connectivity index (χ1n) is 8.51. The molecule has 24 heavy (non-hydrogen) atoms. The van der Waals surface area contributed by atoms with Crippen molar-refractivity contribution in [3.05, 3.63) is 48.0 Å². The van der Waals surface area contributed by atoms with Gasteiger partial charge in [-0.3, -0.25) is 9.78 Å². The van der Waals surface area contributed by atoms with Crippen LogP contribution in [0.1, 0.15) is 49.2 Å². The Morgan fingerprint density at radius 1 is 1.21 bits per heavy atom. The van der Waals surface area contributed by atoms with Gasteiger partial charge in [-0.1, -0.05) is 31.4 Å². The van der Waals surface area contributed by atoms with Crippen LogP contribution >= 0.6 is 11.8 Å². The van der Waals surface area contributed by atoms with Crippen molar-refractivity contribution in [2.45, 2.75) is 38.5 Å². The van der Waals surface area contributed by atoms with Crippen LogP contribution in [0.2, 0.25) is 0 Å². The molecule has 1 unspecified atom stereocenters. The molecule has 3 heterocycles. The van der Waals surface area contributed by atoms with Gasteiger partial charge in [0.25, 0.3) is 5.89 Å². The lowest BCUT2D eigenvalue weighted by Gasteiger charge is -2.05. The van der Waals surface area contributed by atoms with E-state index in [-0.39, 0.29) is 11.7 Å². The minimum Gasteiger partial charge on any atom is -0.432 e. The first-order chi connectivity index (χ1) is 11.8. The molecule has 1 aliphatic rings. The quantitative estimate of drug-likeness (QED) is 0.467. The van der Waals surface area contributed by atoms with Gasteiger partial charge in [0, 0.05) is 18.4 Å². The predicted octanol–water partition coefficient (Wildman–Crippen LogP) is 5.14. The van der Waals surface area contributed by atoms with Crippen LogP contribution in [-0.2, 0) is 0 Å². The zero-order chi connectivity index (χ0) is 16.6. The van der Waals surface area contributed by atoms with Crippen molar-refractivity contribution in [2.24, 2.45) is 5.92 Å². The Labute approximate surface area is 146 Å². The van der Waals surface area contributed by atoms with Crippen LogP contribution < -0.4 is 0 Å². The molecule has 1 aliphatic heterocycles. The van der Waals surface area contributed by atoms with E-state index in [9.17, 15) is 4.79 Å². The number of thioether (sulfide) groups is 1. The average Bonchev–Trinajstić information content (AvgIpc) is 3.30. The number of oxazole rings is 1. The molecule has 0 bridgehead atoms. The highest BCUT2D eigenvalue weighted by atomic mass is 32.2. The lowest BCUT2D eigenvalue weighted by atomic mass is 10.0. The second kappa shape index (κ2) is 8.83. The monoisotopic (exact) mass is 342 g/mol. The molecule has 0 saturated heterocycles. The van der Waals surface area contributed by atoms with E-state index < -0.39 is 0 Å². The van der Waals surface area contributed by atoms with Crippen LogP contribution in [0.4, 0.5) is 0 Å². The summed E-state index contributed by atoms with van der Waals surface area (Å²) >= 11 is 1.91. The van der Waals surface area contributed by atoms with E-state index in [0.717, 1.165) is 18.8 Å². The Balaban J connectivity index is 1.36. The summed E-state index contributed by atoms with van der Waals surface area (Å²) in [4.78, 5) is 20.4. The van der Waals surface area contributed by atoms with Crippen molar-refractivity contribution in [3.63, 3.8) is 0 Å². The molecule has 0 saturated carbocycles. The maximum Gasteiger partial charge on any atom is 0.263 e. The lowest BCUT2D eigenvalue weighted by Crippen LogP contribution is -1.99. The maximum atomic E-state index is 12.1. The molecule has 0 radical (unpaired) electrons. The van der Waals surface area contributed by atoms with Crippen molar-refractivity contribution in [2.75, 3.05) is 5.75 Å². The number of Topliss-reactive ketones (excluding diaryl/α,β-unsaturated/α-hetero) is 1. The predicted molar refractivity (Wildman–Crippen MR) is 96.9 cm³/mol. The standard InChI is InChI=1S/C19H22N2O2S/c22-17(9-4-2-1-3-7-15-10-12-24-14-15)19-21-13-18(23-19)16-8-5-6-11-20-16/h5-6,8,10-13,15H,1-4,7,9,14H2. The number of nitrogens with zero attached hydrogens (tertiary/aromatic N) is 2. The van der Waals surface area contributed by atoms with E-state index in [0.29, 0.717) is 17.9 Å². The Kier molecular flexibility index (Phi) is 6.24. The SMILES string of the molecule is O=C(CCCCCCC1C=CSC1)c1ncc(-c2ccccn2)o1. The van der Waals surface area contributed by atoms with Gasteiger partial charge < -0.3 is 4.42 Å². The molecule has 0 amide bonds. The number of hydrogen-bond donors (Lipinski definition) is 0. The smallest absolute Gasteiger partial charge is 0.263 e. The first-order valence-corrected chi connectivity index (χ1v) is 9.56. The minimum absolute atomic E-state index is 0.0210. The number of allylic oxidation sites excluding steroid dienone is 1. The first kappa shape index (κ1) is 17.0. The Hall–Kier alpha value is -1.88. The number of pyridine rings is 1. The largest absolute Gasteiger partial charge is 0.432 e. The lowest BCUT2D eigenvalue weighted by molar-refractivity contribution is 0.0946. The van der Waals surface area contributed by atoms with Gasteiger partial charge in [0.05, 0.1) is 6.20 Å². The van der Waals surface area contributed by atoms with E-state index in [1.165, 1.54) is 25.0 Å². The molecule has 0 fully saturated rings. The second-order valence-corrected chi connectivity index (χ2v) is 6.98. The van der Waals surface area contributed by atoms with Gasteiger partial charge in [-0.15, -0.1) is 11.8 Å². The normalized spacial score (nSPS) is 16.6. The summed E-state index contributed by atoms with van der Waals surface area (Å²) in [5.41, 5.74) is 0.697. The number of hydrogen-bond acceptors (Lipinski definition) is 5. The van der Waals surface area contributed by atoms with E-state index >= 15 is 0 Å². The van der Waals surface area contributed by atoms with Crippen molar-refractivity contribution in [3.8, 4) is 11.5 Å². The van der Waals surface area contributed by atoms with Gasteiger partial charge >= 0.3 is 0 Å². The van der Waals surface area contributed by atoms with Gasteiger partial charge in [-0.2, -0.15) is 0 Å². The highest BCUT2D eigenvalue weighted by Crippen LogP contribution is 2.25. The summed E-state index contributed by atoms with van der Waals surface area (Å²) in [7, 11) is 0. The molecule has 126 valence electrons. The van der Waals surface area contributed by atoms with Crippen LogP contribution in [0.15, 0.2) is 46.5 Å². The number of ketones is 1. The zero-order valence-corrected chi connectivity index (χ0v) is 14.5. The third-order valence-corrected chi connectivity index (χ3v) is 5.12. The van der Waals surface area contributed by atoms with E-state index in [2.05, 4.69) is 21.5 Å². The fourth-order valence-corrected chi connectivity index (χ4v) is 3.73. The highest BCUT2D eigenvalue weighted by Gasteiger charge is 2.14. The Morgan fingerprint density at radius 3 is 2.92 bits per heavy atom. The van der Waals surface area contributed by atoms with Crippen molar-refractivity contribution >= 4 is 17.5 Å². The maximum absolute atomic E-state index is 12.1. The van der Waals surface area contributed by atoms with Gasteiger partial charge in [0.1, 0.15) is 5.69 Å². The molecule has 0 aliphatic carbocycles. The average molecular weight is 342 g/mol. The van der Waals surface area contributed by atoms with Gasteiger partial charge in [0.2, 0.25) is 5.78 Å². The van der Waals surface area contributed by atoms with Crippen molar-refractivity contribution in [1.82, 2.24) is 9.97 Å². The molecule has 3 rings (SSSR count). The van der Waals surface area contributed by atoms with Crippen LogP contribution in [0, 0.1) is 5.92 Å². The number of carbonyl (C=O) groups is 1. The summed E-state index contributed by atoms with van der Waals surface area (Å²) in [5, 5.41) is 2.21. The van der Waals surface area contributed by atoms with Crippen LogP contribution in [0.5, 0.6) is 0 Å². The van der Waals surface area contributed by atoms with Crippen molar-refractivity contribution in [1.29, 1.82) is 0 Å². The van der Waals surface area contributed by atoms with Gasteiger partial charge in [-0.05, 0) is 36.3 Å². The zero-order valence-electron chi connectivity index (χ0n) is 13.7. The molecular weight excluding hydrogens is 320 g/mol. The minimum atomic E-state index is -0.0210. The van der Waals surface area contributed by atoms with Gasteiger partial charge in [0.15, 0.2) is 5.76 Å². The summed E-state index contributed by atoms with van der Waals surface area (Å²) in [5.74, 6) is 2.72. The molecule has 2 aromatic rings. The molecule has 1 atom stereocenters. The number of rotatable bonds is 9. The number of carbonyl (C=O) groups excluding carboxylic acids is 1. The molecule has 0 spiro atoms. The summed E-state index contributed by atoms with van der Waals surface area (Å²) in [6, 6.07) is 5.56. The molecule has 2 aromatic heterocycles. The summed E-state index contributed by atoms with van der Waals surface area (Å²) in [6.45, 7) is 0. The molecule has 5 heteroatoms. The fraction of sp³-hybridized carbons (Fsp3) is 0.421. The van der Waals surface area contributed by atoms with Crippen LogP contribution in [-0.4, -0.2) is 21.5 Å². The van der Waals surface area contributed by atoms with Crippen molar-refractivity contribution < 1.29 is 9.21 Å². The van der Waals surface area contributed by atoms with Crippen LogP contribution in [0.25, 0.3) is 11.5 Å². The highest BCUT2D eigenvalue weighted by molar-refractivity contribution is 8.02. The number of unbranched alkanes of at least 4 members (excludes halogenated alkanes) is 3. The molecule has 0 N–H and O–H groups in total. The van der Waals surface area contributed by atoms with E-state index in [4.69, 9.17) is 4.42 Å². The summed E-state index contributed by atoms with van der Waals surface area (Å²) < 4.78 is 5.54. The third kappa shape index (κ3) is 4.81. The summed E-state index contributed by atoms with van der Waals surface area (Å²) in [6.07, 6.45) is 11.8. The molecule has 4 nitrogen and oxygen atoms in total. The Bertz CT molecular complexity index is 682. The number of aromatic nitrogens is 2. The third-order valence-electron chi connectivity index (χ3n) is 4.15. The van der Waals surface area contributed by atoms with E-state index in [1.807, 2.05) is 30.0 Å². The topological polar surface area (TPSA) is 56.0 Å². The second-order valence-electron chi connectivity index (χ2n) is 6.04. The molecular formula is C19H22N2O2S. The van der Waals surface area contributed by atoms with Crippen LogP contribution in [0.3, 0.4) is 0 Å². The molecule has 0 aromatic carbocycles. The Morgan fingerprint density at radius 2 is 2.12 bits per heavy atom. The fourth-order valence-electron chi connectivity index (χ4n) is 2.76.